The number of hydrogen-bond acceptors (Lipinski definition) is 4. The fourth-order valence-electron chi connectivity index (χ4n) is 6.62. The van der Waals surface area contributed by atoms with Crippen LogP contribution in [-0.2, 0) is 0 Å². The lowest BCUT2D eigenvalue weighted by atomic mass is 10.0. The summed E-state index contributed by atoms with van der Waals surface area (Å²) in [6.45, 7) is 0. The van der Waals surface area contributed by atoms with Gasteiger partial charge in [0, 0.05) is 43.5 Å². The van der Waals surface area contributed by atoms with Gasteiger partial charge in [-0.2, -0.15) is 5.10 Å². The molecule has 0 N–H and O–H groups in total. The van der Waals surface area contributed by atoms with Crippen molar-refractivity contribution in [1.29, 1.82) is 0 Å². The van der Waals surface area contributed by atoms with E-state index in [9.17, 15) is 0 Å². The molecule has 5 aromatic carbocycles. The Morgan fingerprint density at radius 2 is 1.43 bits per heavy atom. The molecule has 196 valence electrons. The lowest BCUT2D eigenvalue weighted by Gasteiger charge is -2.10. The summed E-state index contributed by atoms with van der Waals surface area (Å²) in [4.78, 5) is 5.85. The molecule has 42 heavy (non-hydrogen) atoms. The average Bonchev–Trinajstić information content (AvgIpc) is 3.78. The maximum absolute atomic E-state index is 6.52. The summed E-state index contributed by atoms with van der Waals surface area (Å²) >= 11 is 1.73. The van der Waals surface area contributed by atoms with Gasteiger partial charge in [-0.25, -0.2) is 9.50 Å². The van der Waals surface area contributed by atoms with Gasteiger partial charge in [-0.05, 0) is 53.6 Å². The Morgan fingerprint density at radius 3 is 2.36 bits per heavy atom. The minimum atomic E-state index is 0.875. The molecular formula is C36H20N4OS. The number of aromatic nitrogens is 4. The van der Waals surface area contributed by atoms with Crippen molar-refractivity contribution >= 4 is 81.2 Å². The van der Waals surface area contributed by atoms with Crippen LogP contribution in [0.4, 0.5) is 0 Å². The molecule has 5 aromatic heterocycles. The predicted molar refractivity (Wildman–Crippen MR) is 173 cm³/mol. The molecule has 0 saturated heterocycles. The summed E-state index contributed by atoms with van der Waals surface area (Å²) in [5.74, 6) is 0. The van der Waals surface area contributed by atoms with Crippen molar-refractivity contribution in [3.8, 4) is 16.8 Å². The van der Waals surface area contributed by atoms with E-state index < -0.39 is 0 Å². The van der Waals surface area contributed by atoms with Gasteiger partial charge in [0.1, 0.15) is 15.9 Å². The Kier molecular flexibility index (Phi) is 4.27. The number of hydrogen-bond donors (Lipinski definition) is 0. The van der Waals surface area contributed by atoms with Crippen LogP contribution in [0.15, 0.2) is 126 Å². The van der Waals surface area contributed by atoms with Gasteiger partial charge in [0.25, 0.3) is 0 Å². The van der Waals surface area contributed by atoms with E-state index in [1.807, 2.05) is 35.0 Å². The summed E-state index contributed by atoms with van der Waals surface area (Å²) in [5.41, 5.74) is 9.51. The van der Waals surface area contributed by atoms with E-state index in [1.165, 1.54) is 32.0 Å². The van der Waals surface area contributed by atoms with E-state index in [-0.39, 0.29) is 0 Å². The molecule has 0 atom stereocenters. The van der Waals surface area contributed by atoms with Crippen molar-refractivity contribution in [1.82, 2.24) is 19.2 Å². The normalized spacial score (nSPS) is 12.3. The molecular weight excluding hydrogens is 536 g/mol. The Morgan fingerprint density at radius 1 is 0.619 bits per heavy atom. The highest BCUT2D eigenvalue weighted by Gasteiger charge is 2.19. The van der Waals surface area contributed by atoms with Gasteiger partial charge in [0.2, 0.25) is 0 Å². The molecule has 10 aromatic rings. The molecule has 0 radical (unpaired) electrons. The van der Waals surface area contributed by atoms with Crippen LogP contribution in [0.5, 0.6) is 0 Å². The molecule has 0 aliphatic rings. The number of rotatable bonds is 2. The quantitative estimate of drug-likeness (QED) is 0.213. The SMILES string of the molecule is c1ccc2c(c1)oc1c2ccc2c3ccccc3n(-c3ccc(-c4cccc5c4sc4nc6cccnn6c45)cc3)c21. The van der Waals surface area contributed by atoms with Crippen molar-refractivity contribution in [2.75, 3.05) is 0 Å². The molecule has 0 amide bonds. The van der Waals surface area contributed by atoms with Crippen molar-refractivity contribution in [3.63, 3.8) is 0 Å². The van der Waals surface area contributed by atoms with Gasteiger partial charge < -0.3 is 8.98 Å². The molecule has 0 aliphatic heterocycles. The zero-order chi connectivity index (χ0) is 27.4. The van der Waals surface area contributed by atoms with Crippen LogP contribution in [-0.4, -0.2) is 19.2 Å². The van der Waals surface area contributed by atoms with Gasteiger partial charge in [0.05, 0.1) is 11.0 Å². The molecule has 0 saturated carbocycles. The van der Waals surface area contributed by atoms with Gasteiger partial charge in [0.15, 0.2) is 11.2 Å². The standard InChI is InChI=1S/C36H20N4OS/c1-3-11-29-24(7-1)26-18-19-27-25-8-2-4-12-30(25)41-34(27)32(26)39(29)22-16-14-21(15-17-22)23-9-5-10-28-33-36(42-35(23)28)38-31-13-6-20-37-40(31)33/h1-20H. The van der Waals surface area contributed by atoms with Crippen LogP contribution >= 0.6 is 11.3 Å². The van der Waals surface area contributed by atoms with E-state index in [0.29, 0.717) is 0 Å². The molecule has 10 rings (SSSR count). The molecule has 0 spiro atoms. The largest absolute Gasteiger partial charge is 0.454 e. The molecule has 0 aliphatic carbocycles. The lowest BCUT2D eigenvalue weighted by Crippen LogP contribution is -1.94. The van der Waals surface area contributed by atoms with Crippen molar-refractivity contribution in [2.24, 2.45) is 0 Å². The molecule has 5 heterocycles. The van der Waals surface area contributed by atoms with Gasteiger partial charge >= 0.3 is 0 Å². The topological polar surface area (TPSA) is 48.3 Å². The number of thiophene rings is 1. The van der Waals surface area contributed by atoms with Gasteiger partial charge in [-0.1, -0.05) is 72.8 Å². The Balaban J connectivity index is 1.20. The van der Waals surface area contributed by atoms with Crippen LogP contribution in [0.2, 0.25) is 0 Å². The van der Waals surface area contributed by atoms with Gasteiger partial charge in [-0.15, -0.1) is 11.3 Å². The first kappa shape index (κ1) is 22.3. The first-order valence-corrected chi connectivity index (χ1v) is 14.7. The number of fused-ring (bicyclic) bond motifs is 12. The van der Waals surface area contributed by atoms with Crippen LogP contribution in [0, 0.1) is 0 Å². The van der Waals surface area contributed by atoms with Gasteiger partial charge in [-0.3, -0.25) is 0 Å². The Hall–Kier alpha value is -5.46. The van der Waals surface area contributed by atoms with E-state index in [4.69, 9.17) is 9.40 Å². The van der Waals surface area contributed by atoms with Crippen LogP contribution in [0.1, 0.15) is 0 Å². The fraction of sp³-hybridized carbons (Fsp3) is 0. The second-order valence-electron chi connectivity index (χ2n) is 10.7. The average molecular weight is 557 g/mol. The maximum atomic E-state index is 6.52. The predicted octanol–water partition coefficient (Wildman–Crippen LogP) is 9.76. The Bertz CT molecular complexity index is 2690. The van der Waals surface area contributed by atoms with Crippen molar-refractivity contribution in [3.05, 3.63) is 121 Å². The summed E-state index contributed by atoms with van der Waals surface area (Å²) < 4.78 is 12.0. The zero-order valence-electron chi connectivity index (χ0n) is 22.2. The van der Waals surface area contributed by atoms with E-state index in [2.05, 4.69) is 101 Å². The van der Waals surface area contributed by atoms with Crippen molar-refractivity contribution in [2.45, 2.75) is 0 Å². The summed E-state index contributed by atoms with van der Waals surface area (Å²) in [6.07, 6.45) is 1.81. The first-order valence-electron chi connectivity index (χ1n) is 13.9. The number of para-hydroxylation sites is 2. The Labute approximate surface area is 242 Å². The van der Waals surface area contributed by atoms with E-state index in [0.717, 1.165) is 54.7 Å². The van der Waals surface area contributed by atoms with E-state index in [1.54, 1.807) is 11.3 Å². The first-order chi connectivity index (χ1) is 20.8. The summed E-state index contributed by atoms with van der Waals surface area (Å²) in [6, 6.07) is 40.6. The highest BCUT2D eigenvalue weighted by Crippen LogP contribution is 2.42. The minimum absolute atomic E-state index is 0.875. The zero-order valence-corrected chi connectivity index (χ0v) is 23.0. The van der Waals surface area contributed by atoms with Crippen LogP contribution in [0.25, 0.3) is 86.6 Å². The minimum Gasteiger partial charge on any atom is -0.454 e. The van der Waals surface area contributed by atoms with Crippen LogP contribution < -0.4 is 0 Å². The lowest BCUT2D eigenvalue weighted by molar-refractivity contribution is 0.671. The molecule has 0 fully saturated rings. The molecule has 5 nitrogen and oxygen atoms in total. The molecule has 6 heteroatoms. The second kappa shape index (κ2) is 8.06. The number of imidazole rings is 1. The number of nitrogens with zero attached hydrogens (tertiary/aromatic N) is 4. The van der Waals surface area contributed by atoms with Crippen LogP contribution in [0.3, 0.4) is 0 Å². The number of furan rings is 1. The monoisotopic (exact) mass is 556 g/mol. The smallest absolute Gasteiger partial charge is 0.160 e. The summed E-state index contributed by atoms with van der Waals surface area (Å²) in [7, 11) is 0. The highest BCUT2D eigenvalue weighted by molar-refractivity contribution is 7.26. The second-order valence-corrected chi connectivity index (χ2v) is 11.7. The van der Waals surface area contributed by atoms with E-state index >= 15 is 0 Å². The van der Waals surface area contributed by atoms with Crippen molar-refractivity contribution < 1.29 is 4.42 Å². The third-order valence-electron chi connectivity index (χ3n) is 8.45. The molecule has 0 unspecified atom stereocenters. The highest BCUT2D eigenvalue weighted by atomic mass is 32.1. The third kappa shape index (κ3) is 2.86. The summed E-state index contributed by atoms with van der Waals surface area (Å²) in [5, 5.41) is 10.4. The fourth-order valence-corrected chi connectivity index (χ4v) is 7.81. The number of benzene rings is 5. The molecule has 0 bridgehead atoms. The third-order valence-corrected chi connectivity index (χ3v) is 9.57. The maximum Gasteiger partial charge on any atom is 0.160 e.